The summed E-state index contributed by atoms with van der Waals surface area (Å²) in [6.45, 7) is 0. The topological polar surface area (TPSA) is 13.1 Å². The summed E-state index contributed by atoms with van der Waals surface area (Å²) in [4.78, 5) is 0. The van der Waals surface area contributed by atoms with Crippen molar-refractivity contribution in [1.82, 2.24) is 0 Å². The third-order valence-corrected chi connectivity index (χ3v) is 12.0. The van der Waals surface area contributed by atoms with E-state index in [9.17, 15) is 0 Å². The molecule has 0 aliphatic heterocycles. The first-order valence-electron chi connectivity index (χ1n) is 19.7. The summed E-state index contributed by atoms with van der Waals surface area (Å²) < 4.78 is 6.80. The second kappa shape index (κ2) is 12.5. The molecule has 0 bridgehead atoms. The summed E-state index contributed by atoms with van der Waals surface area (Å²) in [5.41, 5.74) is 11.5. The lowest BCUT2D eigenvalue weighted by Gasteiger charge is -2.18. The molecule has 12 rings (SSSR count). The smallest absolute Gasteiger partial charge is 0.143 e. The van der Waals surface area contributed by atoms with Gasteiger partial charge in [-0.05, 0) is 105 Å². The first-order valence-corrected chi connectivity index (χ1v) is 19.7. The molecule has 0 spiro atoms. The molecule has 1 heteroatoms. The van der Waals surface area contributed by atoms with E-state index in [1.807, 2.05) is 0 Å². The van der Waals surface area contributed by atoms with Crippen molar-refractivity contribution < 1.29 is 4.42 Å². The van der Waals surface area contributed by atoms with Gasteiger partial charge >= 0.3 is 0 Å². The van der Waals surface area contributed by atoms with Crippen LogP contribution >= 0.6 is 0 Å². The molecule has 57 heavy (non-hydrogen) atoms. The summed E-state index contributed by atoms with van der Waals surface area (Å²) >= 11 is 0. The molecule has 0 fully saturated rings. The summed E-state index contributed by atoms with van der Waals surface area (Å²) in [5, 5.41) is 14.6. The largest absolute Gasteiger partial charge is 0.455 e. The van der Waals surface area contributed by atoms with Crippen LogP contribution in [0.3, 0.4) is 0 Å². The normalized spacial score (nSPS) is 11.9. The number of rotatable bonds is 4. The molecule has 264 valence electrons. The van der Waals surface area contributed by atoms with Gasteiger partial charge in [-0.25, -0.2) is 0 Å². The zero-order valence-corrected chi connectivity index (χ0v) is 31.0. The van der Waals surface area contributed by atoms with Crippen LogP contribution in [0.25, 0.3) is 120 Å². The maximum atomic E-state index is 6.80. The molecule has 0 N–H and O–H groups in total. The van der Waals surface area contributed by atoms with Crippen molar-refractivity contribution in [2.24, 2.45) is 0 Å². The molecule has 0 amide bonds. The van der Waals surface area contributed by atoms with Crippen LogP contribution in [-0.4, -0.2) is 0 Å². The molecule has 0 aliphatic rings. The number of hydrogen-bond donors (Lipinski definition) is 0. The fourth-order valence-corrected chi connectivity index (χ4v) is 9.47. The van der Waals surface area contributed by atoms with Crippen LogP contribution in [0.5, 0.6) is 0 Å². The summed E-state index contributed by atoms with van der Waals surface area (Å²) in [7, 11) is 0. The molecule has 1 heterocycles. The molecule has 0 aliphatic carbocycles. The minimum absolute atomic E-state index is 0.914. The summed E-state index contributed by atoms with van der Waals surface area (Å²) in [6, 6.07) is 75.2. The van der Waals surface area contributed by atoms with Gasteiger partial charge in [0.05, 0.1) is 0 Å². The van der Waals surface area contributed by atoms with E-state index in [1.165, 1.54) is 92.8 Å². The third kappa shape index (κ3) is 4.89. The van der Waals surface area contributed by atoms with Gasteiger partial charge < -0.3 is 4.42 Å². The lowest BCUT2D eigenvalue weighted by atomic mass is 9.85. The van der Waals surface area contributed by atoms with Crippen LogP contribution in [-0.2, 0) is 0 Å². The molecule has 1 aromatic heterocycles. The number of fused-ring (bicyclic) bond motifs is 9. The molecule has 0 saturated carbocycles. The second-order valence-corrected chi connectivity index (χ2v) is 15.1. The van der Waals surface area contributed by atoms with Crippen molar-refractivity contribution in [3.05, 3.63) is 206 Å². The van der Waals surface area contributed by atoms with Crippen molar-refractivity contribution >= 4 is 75.8 Å². The van der Waals surface area contributed by atoms with Gasteiger partial charge in [-0.15, -0.1) is 0 Å². The maximum absolute atomic E-state index is 6.80. The Morgan fingerprint density at radius 3 is 1.44 bits per heavy atom. The molecule has 0 saturated heterocycles. The van der Waals surface area contributed by atoms with E-state index in [-0.39, 0.29) is 0 Å². The summed E-state index contributed by atoms with van der Waals surface area (Å²) in [6.07, 6.45) is 0. The molecule has 0 atom stereocenters. The van der Waals surface area contributed by atoms with E-state index < -0.39 is 0 Å². The van der Waals surface area contributed by atoms with Crippen LogP contribution in [0.15, 0.2) is 211 Å². The standard InChI is InChI=1S/C56H34O/c1-2-15-38-34-53-52(32-37(38)14-1)49-26-13-27-50(56(49)57-53)55-47-24-11-9-22-45(47)54(46-23-10-12-25-48(46)55)36-30-28-35(29-31-36)40-17-5-6-20-43(40)51-33-39-16-3-4-18-41(39)42-19-7-8-21-44(42)51/h1-34H. The predicted octanol–water partition coefficient (Wildman–Crippen LogP) is 16.0. The van der Waals surface area contributed by atoms with Gasteiger partial charge in [-0.2, -0.15) is 0 Å². The highest BCUT2D eigenvalue weighted by molar-refractivity contribution is 6.25. The first kappa shape index (κ1) is 31.8. The predicted molar refractivity (Wildman–Crippen MR) is 243 cm³/mol. The maximum Gasteiger partial charge on any atom is 0.143 e. The average molecular weight is 723 g/mol. The van der Waals surface area contributed by atoms with Gasteiger partial charge in [-0.3, -0.25) is 0 Å². The van der Waals surface area contributed by atoms with Gasteiger partial charge in [0.15, 0.2) is 0 Å². The fraction of sp³-hybridized carbons (Fsp3) is 0. The minimum Gasteiger partial charge on any atom is -0.455 e. The Hall–Kier alpha value is -7.48. The van der Waals surface area contributed by atoms with Gasteiger partial charge in [0, 0.05) is 21.9 Å². The van der Waals surface area contributed by atoms with Gasteiger partial charge in [0.25, 0.3) is 0 Å². The van der Waals surface area contributed by atoms with E-state index in [0.717, 1.165) is 27.5 Å². The van der Waals surface area contributed by atoms with Crippen molar-refractivity contribution in [3.63, 3.8) is 0 Å². The Bertz CT molecular complexity index is 3510. The molecule has 0 radical (unpaired) electrons. The average Bonchev–Trinajstić information content (AvgIpc) is 3.65. The Balaban J connectivity index is 1.04. The van der Waals surface area contributed by atoms with Crippen molar-refractivity contribution in [2.45, 2.75) is 0 Å². The molecule has 12 aromatic rings. The van der Waals surface area contributed by atoms with E-state index in [4.69, 9.17) is 4.42 Å². The lowest BCUT2D eigenvalue weighted by molar-refractivity contribution is 0.670. The third-order valence-electron chi connectivity index (χ3n) is 12.0. The quantitative estimate of drug-likeness (QED) is 0.130. The van der Waals surface area contributed by atoms with Gasteiger partial charge in [0.1, 0.15) is 11.2 Å². The van der Waals surface area contributed by atoms with Crippen molar-refractivity contribution in [3.8, 4) is 44.5 Å². The number of hydrogen-bond acceptors (Lipinski definition) is 1. The molecule has 0 unspecified atom stereocenters. The lowest BCUT2D eigenvalue weighted by Crippen LogP contribution is -1.91. The molecule has 1 nitrogen and oxygen atoms in total. The zero-order chi connectivity index (χ0) is 37.5. The van der Waals surface area contributed by atoms with Crippen LogP contribution in [0, 0.1) is 0 Å². The van der Waals surface area contributed by atoms with E-state index in [0.29, 0.717) is 0 Å². The SMILES string of the molecule is c1ccc(-c2cc3ccccc3c3ccccc23)c(-c2ccc(-c3c4ccccc4c(-c4cccc5c4oc4cc6ccccc6cc45)c4ccccc34)cc2)c1. The van der Waals surface area contributed by atoms with E-state index in [2.05, 4.69) is 206 Å². The molecular formula is C56H34O. The molecular weight excluding hydrogens is 689 g/mol. The Labute approximate surface area is 329 Å². The number of para-hydroxylation sites is 1. The van der Waals surface area contributed by atoms with E-state index in [1.54, 1.807) is 0 Å². The molecule has 11 aromatic carbocycles. The van der Waals surface area contributed by atoms with Crippen LogP contribution in [0.2, 0.25) is 0 Å². The second-order valence-electron chi connectivity index (χ2n) is 15.1. The fourth-order valence-electron chi connectivity index (χ4n) is 9.47. The first-order chi connectivity index (χ1) is 28.3. The van der Waals surface area contributed by atoms with Crippen LogP contribution < -0.4 is 0 Å². The van der Waals surface area contributed by atoms with Crippen molar-refractivity contribution in [1.29, 1.82) is 0 Å². The number of benzene rings is 11. The zero-order valence-electron chi connectivity index (χ0n) is 31.0. The van der Waals surface area contributed by atoms with Gasteiger partial charge in [-0.1, -0.05) is 188 Å². The highest BCUT2D eigenvalue weighted by Crippen LogP contribution is 2.47. The van der Waals surface area contributed by atoms with Gasteiger partial charge in [0.2, 0.25) is 0 Å². The Morgan fingerprint density at radius 2 is 0.737 bits per heavy atom. The number of furan rings is 1. The van der Waals surface area contributed by atoms with Crippen LogP contribution in [0.1, 0.15) is 0 Å². The summed E-state index contributed by atoms with van der Waals surface area (Å²) in [5.74, 6) is 0. The highest BCUT2D eigenvalue weighted by atomic mass is 16.3. The monoisotopic (exact) mass is 722 g/mol. The minimum atomic E-state index is 0.914. The Kier molecular flexibility index (Phi) is 7.00. The Morgan fingerprint density at radius 1 is 0.246 bits per heavy atom. The van der Waals surface area contributed by atoms with E-state index >= 15 is 0 Å². The van der Waals surface area contributed by atoms with Crippen LogP contribution in [0.4, 0.5) is 0 Å². The van der Waals surface area contributed by atoms with Crippen molar-refractivity contribution in [2.75, 3.05) is 0 Å². The highest BCUT2D eigenvalue weighted by Gasteiger charge is 2.21.